The highest BCUT2D eigenvalue weighted by molar-refractivity contribution is 5.36. The van der Waals surface area contributed by atoms with Crippen molar-refractivity contribution in [1.82, 2.24) is 9.36 Å². The van der Waals surface area contributed by atoms with Gasteiger partial charge >= 0.3 is 6.18 Å². The number of nitrogens with zero attached hydrogens (tertiary/aromatic N) is 2. The molecule has 2 aromatic rings. The third kappa shape index (κ3) is 2.48. The van der Waals surface area contributed by atoms with Crippen LogP contribution in [0.4, 0.5) is 13.2 Å². The number of hydrogen-bond donors (Lipinski definition) is 0. The van der Waals surface area contributed by atoms with Crippen molar-refractivity contribution in [3.05, 3.63) is 51.9 Å². The lowest BCUT2D eigenvalue weighted by Crippen LogP contribution is -2.25. The number of aromatic nitrogens is 2. The van der Waals surface area contributed by atoms with E-state index in [0.717, 1.165) is 21.1 Å². The quantitative estimate of drug-likeness (QED) is 0.777. The predicted octanol–water partition coefficient (Wildman–Crippen LogP) is 2.60. The van der Waals surface area contributed by atoms with Gasteiger partial charge in [-0.1, -0.05) is 18.1 Å². The lowest BCUT2D eigenvalue weighted by molar-refractivity contribution is -0.138. The molecule has 1 aromatic heterocycles. The van der Waals surface area contributed by atoms with Gasteiger partial charge < -0.3 is 0 Å². The molecule has 0 radical (unpaired) electrons. The fourth-order valence-corrected chi connectivity index (χ4v) is 1.92. The van der Waals surface area contributed by atoms with Crippen molar-refractivity contribution in [3.63, 3.8) is 0 Å². The van der Waals surface area contributed by atoms with Crippen molar-refractivity contribution in [2.75, 3.05) is 0 Å². The summed E-state index contributed by atoms with van der Waals surface area (Å²) in [6.07, 6.45) is 1.17. The number of halogens is 3. The molecule has 20 heavy (non-hydrogen) atoms. The summed E-state index contributed by atoms with van der Waals surface area (Å²) in [6, 6.07) is 6.63. The lowest BCUT2D eigenvalue weighted by Gasteiger charge is -2.09. The molecule has 104 valence electrons. The highest BCUT2D eigenvalue weighted by Crippen LogP contribution is 2.27. The molecule has 0 amide bonds. The number of rotatable bonds is 2. The van der Waals surface area contributed by atoms with Gasteiger partial charge in [0, 0.05) is 6.20 Å². The monoisotopic (exact) mass is 280 g/mol. The zero-order valence-corrected chi connectivity index (χ0v) is 10.6. The summed E-state index contributed by atoms with van der Waals surface area (Å²) in [5.41, 5.74) is -1.18. The van der Waals surface area contributed by atoms with Crippen molar-refractivity contribution < 1.29 is 13.2 Å². The zero-order valence-electron chi connectivity index (χ0n) is 10.6. The first-order chi connectivity index (χ1) is 9.34. The van der Waals surface area contributed by atoms with Crippen LogP contribution in [0.1, 0.15) is 11.1 Å². The molecule has 0 aliphatic heterocycles. The highest BCUT2D eigenvalue weighted by Gasteiger charge is 2.36. The highest BCUT2D eigenvalue weighted by atomic mass is 19.4. The van der Waals surface area contributed by atoms with E-state index in [1.54, 1.807) is 31.2 Å². The molecule has 0 saturated heterocycles. The van der Waals surface area contributed by atoms with Gasteiger partial charge in [-0.15, -0.1) is 6.42 Å². The fourth-order valence-electron chi connectivity index (χ4n) is 1.92. The van der Waals surface area contributed by atoms with E-state index in [0.29, 0.717) is 5.69 Å². The van der Waals surface area contributed by atoms with E-state index in [2.05, 4.69) is 5.92 Å². The summed E-state index contributed by atoms with van der Waals surface area (Å²) in [6.45, 7) is 1.66. The van der Waals surface area contributed by atoms with Crippen molar-refractivity contribution in [1.29, 1.82) is 0 Å². The Morgan fingerprint density at radius 2 is 2.05 bits per heavy atom. The van der Waals surface area contributed by atoms with Crippen LogP contribution in [-0.4, -0.2) is 9.36 Å². The van der Waals surface area contributed by atoms with Gasteiger partial charge in [-0.2, -0.15) is 13.2 Å². The van der Waals surface area contributed by atoms with Gasteiger partial charge in [0.25, 0.3) is 5.56 Å². The summed E-state index contributed by atoms with van der Waals surface area (Å²) < 4.78 is 40.4. The van der Waals surface area contributed by atoms with Crippen LogP contribution in [0.2, 0.25) is 0 Å². The Bertz CT molecular complexity index is 732. The Morgan fingerprint density at radius 3 is 2.60 bits per heavy atom. The van der Waals surface area contributed by atoms with Gasteiger partial charge in [-0.3, -0.25) is 9.48 Å². The van der Waals surface area contributed by atoms with E-state index in [9.17, 15) is 18.0 Å². The molecule has 0 N–H and O–H groups in total. The van der Waals surface area contributed by atoms with E-state index < -0.39 is 17.3 Å². The van der Waals surface area contributed by atoms with E-state index >= 15 is 0 Å². The molecule has 0 atom stereocenters. The maximum Gasteiger partial charge on any atom is 0.423 e. The summed E-state index contributed by atoms with van der Waals surface area (Å²) in [5.74, 6) is 2.24. The first kappa shape index (κ1) is 14.0. The van der Waals surface area contributed by atoms with Crippen LogP contribution in [-0.2, 0) is 12.7 Å². The molecule has 1 aromatic carbocycles. The average molecular weight is 280 g/mol. The largest absolute Gasteiger partial charge is 0.423 e. The van der Waals surface area contributed by atoms with Gasteiger partial charge in [0.2, 0.25) is 0 Å². The number of aryl methyl sites for hydroxylation is 1. The topological polar surface area (TPSA) is 26.9 Å². The van der Waals surface area contributed by atoms with E-state index in [1.807, 2.05) is 0 Å². The minimum absolute atomic E-state index is 0.126. The summed E-state index contributed by atoms with van der Waals surface area (Å²) in [4.78, 5) is 12.0. The van der Waals surface area contributed by atoms with Crippen LogP contribution in [0.25, 0.3) is 5.69 Å². The second-order valence-corrected chi connectivity index (χ2v) is 4.30. The second kappa shape index (κ2) is 4.93. The Labute approximate surface area is 113 Å². The molecule has 0 aliphatic rings. The Kier molecular flexibility index (Phi) is 3.45. The van der Waals surface area contributed by atoms with Crippen LogP contribution in [0.5, 0.6) is 0 Å². The maximum atomic E-state index is 12.8. The molecule has 0 saturated carbocycles. The van der Waals surface area contributed by atoms with E-state index in [4.69, 9.17) is 6.42 Å². The van der Waals surface area contributed by atoms with Gasteiger partial charge in [0.05, 0.1) is 12.2 Å². The van der Waals surface area contributed by atoms with Crippen molar-refractivity contribution in [3.8, 4) is 18.0 Å². The smallest absolute Gasteiger partial charge is 0.273 e. The summed E-state index contributed by atoms with van der Waals surface area (Å²) in [7, 11) is 0. The SMILES string of the molecule is C#CCn1cc(C(F)(F)F)c(=O)n1-c1cccc(C)c1. The fraction of sp³-hybridized carbons (Fsp3) is 0.214. The zero-order chi connectivity index (χ0) is 14.9. The number of benzene rings is 1. The van der Waals surface area contributed by atoms with Crippen molar-refractivity contribution in [2.24, 2.45) is 0 Å². The molecule has 3 nitrogen and oxygen atoms in total. The Balaban J connectivity index is 2.72. The molecule has 0 aliphatic carbocycles. The molecule has 6 heteroatoms. The number of hydrogen-bond acceptors (Lipinski definition) is 1. The summed E-state index contributed by atoms with van der Waals surface area (Å²) in [5, 5.41) is 0. The van der Waals surface area contributed by atoms with Crippen LogP contribution < -0.4 is 5.56 Å². The molecule has 0 unspecified atom stereocenters. The Hall–Kier alpha value is -2.42. The molecular formula is C14H11F3N2O. The molecule has 0 bridgehead atoms. The minimum atomic E-state index is -4.71. The van der Waals surface area contributed by atoms with Crippen molar-refractivity contribution in [2.45, 2.75) is 19.6 Å². The Morgan fingerprint density at radius 1 is 1.35 bits per heavy atom. The molecule has 0 spiro atoms. The average Bonchev–Trinajstić information content (AvgIpc) is 2.66. The van der Waals surface area contributed by atoms with Gasteiger partial charge in [-0.25, -0.2) is 4.68 Å². The minimum Gasteiger partial charge on any atom is -0.273 e. The predicted molar refractivity (Wildman–Crippen MR) is 68.6 cm³/mol. The van der Waals surface area contributed by atoms with Crippen LogP contribution >= 0.6 is 0 Å². The standard InChI is InChI=1S/C14H11F3N2O/c1-3-7-18-9-12(14(15,16)17)13(20)19(18)11-6-4-5-10(2)8-11/h1,4-6,8-9H,7H2,2H3. The molecular weight excluding hydrogens is 269 g/mol. The first-order valence-corrected chi connectivity index (χ1v) is 5.74. The number of terminal acetylenes is 1. The second-order valence-electron chi connectivity index (χ2n) is 4.30. The third-order valence-corrected chi connectivity index (χ3v) is 2.76. The molecule has 2 rings (SSSR count). The maximum absolute atomic E-state index is 12.8. The van der Waals surface area contributed by atoms with Crippen molar-refractivity contribution >= 4 is 0 Å². The van der Waals surface area contributed by atoms with E-state index in [-0.39, 0.29) is 6.54 Å². The van der Waals surface area contributed by atoms with Crippen LogP contribution in [0.15, 0.2) is 35.3 Å². The molecule has 1 heterocycles. The van der Waals surface area contributed by atoms with Gasteiger partial charge in [0.1, 0.15) is 5.56 Å². The van der Waals surface area contributed by atoms with Crippen LogP contribution in [0.3, 0.4) is 0 Å². The molecule has 0 fully saturated rings. The summed E-state index contributed by atoms with van der Waals surface area (Å²) >= 11 is 0. The lowest BCUT2D eigenvalue weighted by atomic mass is 10.2. The van der Waals surface area contributed by atoms with E-state index in [1.165, 1.54) is 0 Å². The normalized spacial score (nSPS) is 11.3. The van der Waals surface area contributed by atoms with Gasteiger partial charge in [-0.05, 0) is 24.6 Å². The van der Waals surface area contributed by atoms with Gasteiger partial charge in [0.15, 0.2) is 0 Å². The number of alkyl halides is 3. The first-order valence-electron chi connectivity index (χ1n) is 5.74. The third-order valence-electron chi connectivity index (χ3n) is 2.76. The van der Waals surface area contributed by atoms with Crippen LogP contribution in [0, 0.1) is 19.3 Å².